The molecule has 0 bridgehead atoms. The second-order valence-corrected chi connectivity index (χ2v) is 5.04. The van der Waals surface area contributed by atoms with Gasteiger partial charge < -0.3 is 4.42 Å². The van der Waals surface area contributed by atoms with Crippen LogP contribution in [0.1, 0.15) is 16.8 Å². The summed E-state index contributed by atoms with van der Waals surface area (Å²) in [5, 5.41) is 9.71. The predicted molar refractivity (Wildman–Crippen MR) is 72.7 cm³/mol. The Bertz CT molecular complexity index is 622. The standard InChI is InChI=1S/C12H9N3OS2/c17-10(8-4-1-2-6-13-8)12-15-14-11(16-12)9-5-3-7-18-9/h1-7,10,17H. The van der Waals surface area contributed by atoms with Crippen LogP contribution in [0.2, 0.25) is 0 Å². The van der Waals surface area contributed by atoms with Crippen LogP contribution >= 0.6 is 24.0 Å². The molecule has 0 aliphatic carbocycles. The minimum absolute atomic E-state index is 0.299. The molecule has 0 radical (unpaired) electrons. The smallest absolute Gasteiger partial charge is 0.257 e. The van der Waals surface area contributed by atoms with E-state index in [1.54, 1.807) is 17.5 Å². The van der Waals surface area contributed by atoms with Crippen LogP contribution in [0.25, 0.3) is 10.8 Å². The first kappa shape index (κ1) is 11.4. The molecule has 0 aliphatic heterocycles. The van der Waals surface area contributed by atoms with Gasteiger partial charge in [-0.2, -0.15) is 12.6 Å². The van der Waals surface area contributed by atoms with E-state index in [2.05, 4.69) is 27.8 Å². The van der Waals surface area contributed by atoms with E-state index in [-0.39, 0.29) is 5.25 Å². The predicted octanol–water partition coefficient (Wildman–Crippen LogP) is 3.21. The van der Waals surface area contributed by atoms with Crippen molar-refractivity contribution >= 4 is 24.0 Å². The fraction of sp³-hybridized carbons (Fsp3) is 0.0833. The first-order chi connectivity index (χ1) is 8.84. The van der Waals surface area contributed by atoms with Crippen LogP contribution in [0.3, 0.4) is 0 Å². The van der Waals surface area contributed by atoms with Crippen LogP contribution in [0.5, 0.6) is 0 Å². The first-order valence-electron chi connectivity index (χ1n) is 5.31. The number of pyridine rings is 1. The third kappa shape index (κ3) is 2.16. The van der Waals surface area contributed by atoms with Gasteiger partial charge in [-0.15, -0.1) is 21.5 Å². The van der Waals surface area contributed by atoms with Crippen molar-refractivity contribution in [1.82, 2.24) is 15.2 Å². The number of thiol groups is 1. The van der Waals surface area contributed by atoms with Crippen LogP contribution in [-0.4, -0.2) is 15.2 Å². The molecule has 18 heavy (non-hydrogen) atoms. The van der Waals surface area contributed by atoms with Gasteiger partial charge in [0.15, 0.2) is 0 Å². The van der Waals surface area contributed by atoms with E-state index >= 15 is 0 Å². The summed E-state index contributed by atoms with van der Waals surface area (Å²) in [6.45, 7) is 0. The second-order valence-electron chi connectivity index (χ2n) is 3.58. The molecule has 90 valence electrons. The van der Waals surface area contributed by atoms with Crippen LogP contribution < -0.4 is 0 Å². The molecule has 3 heterocycles. The van der Waals surface area contributed by atoms with Gasteiger partial charge in [-0.1, -0.05) is 12.1 Å². The minimum atomic E-state index is -0.299. The molecule has 0 saturated carbocycles. The van der Waals surface area contributed by atoms with E-state index in [4.69, 9.17) is 4.42 Å². The van der Waals surface area contributed by atoms with Crippen LogP contribution in [-0.2, 0) is 0 Å². The van der Waals surface area contributed by atoms with Gasteiger partial charge in [0.05, 0.1) is 10.6 Å². The Morgan fingerprint density at radius 1 is 1.17 bits per heavy atom. The summed E-state index contributed by atoms with van der Waals surface area (Å²) in [4.78, 5) is 5.18. The molecular weight excluding hydrogens is 266 g/mol. The highest BCUT2D eigenvalue weighted by Crippen LogP contribution is 2.29. The van der Waals surface area contributed by atoms with Gasteiger partial charge in [-0.05, 0) is 23.6 Å². The summed E-state index contributed by atoms with van der Waals surface area (Å²) in [6.07, 6.45) is 1.72. The number of hydrogen-bond donors (Lipinski definition) is 1. The summed E-state index contributed by atoms with van der Waals surface area (Å²) in [7, 11) is 0. The second kappa shape index (κ2) is 4.91. The zero-order chi connectivity index (χ0) is 12.4. The highest BCUT2D eigenvalue weighted by atomic mass is 32.1. The summed E-state index contributed by atoms with van der Waals surface area (Å²) < 4.78 is 5.62. The van der Waals surface area contributed by atoms with Crippen LogP contribution in [0, 0.1) is 0 Å². The molecule has 4 nitrogen and oxygen atoms in total. The van der Waals surface area contributed by atoms with Crippen molar-refractivity contribution in [3.63, 3.8) is 0 Å². The fourth-order valence-electron chi connectivity index (χ4n) is 1.51. The largest absolute Gasteiger partial charge is 0.418 e. The van der Waals surface area contributed by atoms with Crippen molar-refractivity contribution in [2.24, 2.45) is 0 Å². The van der Waals surface area contributed by atoms with Crippen molar-refractivity contribution in [2.75, 3.05) is 0 Å². The van der Waals surface area contributed by atoms with Gasteiger partial charge in [0.25, 0.3) is 5.89 Å². The molecule has 3 rings (SSSR count). The topological polar surface area (TPSA) is 51.8 Å². The molecule has 6 heteroatoms. The van der Waals surface area contributed by atoms with E-state index in [9.17, 15) is 0 Å². The lowest BCUT2D eigenvalue weighted by Crippen LogP contribution is -1.96. The van der Waals surface area contributed by atoms with E-state index in [0.717, 1.165) is 10.6 Å². The van der Waals surface area contributed by atoms with Gasteiger partial charge in [0, 0.05) is 6.20 Å². The Balaban J connectivity index is 1.90. The van der Waals surface area contributed by atoms with Crippen molar-refractivity contribution in [3.05, 3.63) is 53.5 Å². The lowest BCUT2D eigenvalue weighted by atomic mass is 10.2. The summed E-state index contributed by atoms with van der Waals surface area (Å²) in [6, 6.07) is 9.53. The molecule has 0 saturated heterocycles. The molecule has 1 atom stereocenters. The lowest BCUT2D eigenvalue weighted by Gasteiger charge is -2.03. The number of rotatable bonds is 3. The van der Waals surface area contributed by atoms with Gasteiger partial charge in [0.1, 0.15) is 5.25 Å². The minimum Gasteiger partial charge on any atom is -0.418 e. The molecule has 0 spiro atoms. The van der Waals surface area contributed by atoms with Gasteiger partial charge in [-0.3, -0.25) is 4.98 Å². The van der Waals surface area contributed by atoms with Crippen molar-refractivity contribution < 1.29 is 4.42 Å². The van der Waals surface area contributed by atoms with E-state index in [0.29, 0.717) is 11.8 Å². The Morgan fingerprint density at radius 2 is 2.11 bits per heavy atom. The normalized spacial score (nSPS) is 12.5. The molecule has 0 amide bonds. The number of thiophene rings is 1. The maximum Gasteiger partial charge on any atom is 0.257 e. The summed E-state index contributed by atoms with van der Waals surface area (Å²) >= 11 is 6.02. The fourth-order valence-corrected chi connectivity index (χ4v) is 2.41. The molecule has 0 N–H and O–H groups in total. The van der Waals surface area contributed by atoms with E-state index in [1.165, 1.54) is 0 Å². The quantitative estimate of drug-likeness (QED) is 0.746. The number of hydrogen-bond acceptors (Lipinski definition) is 6. The first-order valence-corrected chi connectivity index (χ1v) is 6.70. The summed E-state index contributed by atoms with van der Waals surface area (Å²) in [5.41, 5.74) is 0.794. The summed E-state index contributed by atoms with van der Waals surface area (Å²) in [5.74, 6) is 0.982. The van der Waals surface area contributed by atoms with E-state index < -0.39 is 0 Å². The molecule has 3 aromatic rings. The zero-order valence-corrected chi connectivity index (χ0v) is 10.9. The highest BCUT2D eigenvalue weighted by molar-refractivity contribution is 7.80. The monoisotopic (exact) mass is 275 g/mol. The Labute approximate surface area is 113 Å². The van der Waals surface area contributed by atoms with Crippen LogP contribution in [0.15, 0.2) is 46.3 Å². The van der Waals surface area contributed by atoms with Gasteiger partial charge in [0.2, 0.25) is 5.89 Å². The van der Waals surface area contributed by atoms with Crippen molar-refractivity contribution in [2.45, 2.75) is 5.25 Å². The van der Waals surface area contributed by atoms with Crippen molar-refractivity contribution in [3.8, 4) is 10.8 Å². The lowest BCUT2D eigenvalue weighted by molar-refractivity contribution is 0.514. The molecular formula is C12H9N3OS2. The Hall–Kier alpha value is -1.66. The molecule has 1 unspecified atom stereocenters. The highest BCUT2D eigenvalue weighted by Gasteiger charge is 2.18. The average molecular weight is 275 g/mol. The zero-order valence-electron chi connectivity index (χ0n) is 9.22. The maximum absolute atomic E-state index is 5.62. The molecule has 0 fully saturated rings. The maximum atomic E-state index is 5.62. The molecule has 3 aromatic heterocycles. The number of nitrogens with zero attached hydrogens (tertiary/aromatic N) is 3. The molecule has 0 aliphatic rings. The Kier molecular flexibility index (Phi) is 3.12. The number of aromatic nitrogens is 3. The average Bonchev–Trinajstić information content (AvgIpc) is 3.09. The third-order valence-electron chi connectivity index (χ3n) is 2.37. The molecule has 0 aromatic carbocycles. The van der Waals surface area contributed by atoms with Gasteiger partial charge in [-0.25, -0.2) is 0 Å². The van der Waals surface area contributed by atoms with E-state index in [1.807, 2.05) is 35.7 Å². The van der Waals surface area contributed by atoms with Crippen molar-refractivity contribution in [1.29, 1.82) is 0 Å². The SMILES string of the molecule is SC(c1ccccn1)c1nnc(-c2cccs2)o1. The van der Waals surface area contributed by atoms with Crippen LogP contribution in [0.4, 0.5) is 0 Å². The third-order valence-corrected chi connectivity index (χ3v) is 3.72. The van der Waals surface area contributed by atoms with Gasteiger partial charge >= 0.3 is 0 Å². The Morgan fingerprint density at radius 3 is 2.83 bits per heavy atom.